The average molecular weight is 203 g/mol. The number of aliphatic hydroxyl groups excluding tert-OH is 1. The van der Waals surface area contributed by atoms with Crippen molar-refractivity contribution in [3.05, 3.63) is 0 Å². The van der Waals surface area contributed by atoms with E-state index < -0.39 is 0 Å². The zero-order chi connectivity index (χ0) is 10.1. The van der Waals surface area contributed by atoms with Crippen molar-refractivity contribution in [2.75, 3.05) is 39.5 Å². The molecule has 0 spiro atoms. The summed E-state index contributed by atoms with van der Waals surface area (Å²) in [5.41, 5.74) is 0. The molecule has 1 rings (SSSR count). The molecule has 1 fully saturated rings. The Morgan fingerprint density at radius 2 is 2.29 bits per heavy atom. The van der Waals surface area contributed by atoms with Crippen LogP contribution in [0, 0.1) is 0 Å². The van der Waals surface area contributed by atoms with Gasteiger partial charge in [-0.25, -0.2) is 0 Å². The fourth-order valence-corrected chi connectivity index (χ4v) is 1.54. The molecule has 1 aliphatic heterocycles. The highest BCUT2D eigenvalue weighted by Crippen LogP contribution is 2.11. The van der Waals surface area contributed by atoms with Crippen molar-refractivity contribution in [3.63, 3.8) is 0 Å². The molecular formula is C10H21NO3. The molecule has 0 saturated carbocycles. The lowest BCUT2D eigenvalue weighted by Crippen LogP contribution is -2.33. The van der Waals surface area contributed by atoms with Crippen LogP contribution in [0.15, 0.2) is 0 Å². The van der Waals surface area contributed by atoms with Gasteiger partial charge in [-0.05, 0) is 19.3 Å². The Labute approximate surface area is 85.6 Å². The minimum atomic E-state index is 0.103. The molecule has 0 aliphatic carbocycles. The van der Waals surface area contributed by atoms with Gasteiger partial charge in [0.1, 0.15) is 0 Å². The molecule has 0 aromatic heterocycles. The Bertz CT molecular complexity index is 127. The van der Waals surface area contributed by atoms with Gasteiger partial charge in [0.15, 0.2) is 0 Å². The molecule has 1 saturated heterocycles. The molecule has 1 unspecified atom stereocenters. The van der Waals surface area contributed by atoms with E-state index in [4.69, 9.17) is 14.6 Å². The van der Waals surface area contributed by atoms with Crippen molar-refractivity contribution < 1.29 is 14.6 Å². The first-order valence-electron chi connectivity index (χ1n) is 5.44. The predicted octanol–water partition coefficient (Wildman–Crippen LogP) is 0.154. The number of hydrogen-bond acceptors (Lipinski definition) is 4. The fraction of sp³-hybridized carbons (Fsp3) is 1.00. The number of ether oxygens (including phenoxy) is 2. The minimum absolute atomic E-state index is 0.103. The molecule has 0 bridgehead atoms. The molecule has 0 aromatic rings. The standard InChI is InChI=1S/C10H21NO3/c12-5-8-13-7-4-11-9-10-3-1-2-6-14-10/h10-12H,1-9H2. The van der Waals surface area contributed by atoms with Crippen LogP contribution in [-0.2, 0) is 9.47 Å². The molecule has 1 atom stereocenters. The predicted molar refractivity (Wildman–Crippen MR) is 54.4 cm³/mol. The van der Waals surface area contributed by atoms with Crippen molar-refractivity contribution >= 4 is 0 Å². The Kier molecular flexibility index (Phi) is 6.95. The lowest BCUT2D eigenvalue weighted by Gasteiger charge is -2.22. The molecular weight excluding hydrogens is 182 g/mol. The summed E-state index contributed by atoms with van der Waals surface area (Å²) >= 11 is 0. The van der Waals surface area contributed by atoms with Crippen LogP contribution in [0.1, 0.15) is 19.3 Å². The smallest absolute Gasteiger partial charge is 0.0699 e. The van der Waals surface area contributed by atoms with Crippen molar-refractivity contribution in [2.45, 2.75) is 25.4 Å². The summed E-state index contributed by atoms with van der Waals surface area (Å²) in [5.74, 6) is 0. The molecule has 0 radical (unpaired) electrons. The Balaban J connectivity index is 1.82. The van der Waals surface area contributed by atoms with E-state index in [9.17, 15) is 0 Å². The van der Waals surface area contributed by atoms with Crippen LogP contribution in [0.25, 0.3) is 0 Å². The largest absolute Gasteiger partial charge is 0.394 e. The zero-order valence-electron chi connectivity index (χ0n) is 8.71. The highest BCUT2D eigenvalue weighted by molar-refractivity contribution is 4.65. The van der Waals surface area contributed by atoms with Crippen LogP contribution in [0.3, 0.4) is 0 Å². The number of rotatable bonds is 7. The van der Waals surface area contributed by atoms with E-state index in [2.05, 4.69) is 5.32 Å². The first kappa shape index (κ1) is 11.9. The van der Waals surface area contributed by atoms with Crippen molar-refractivity contribution in [3.8, 4) is 0 Å². The monoisotopic (exact) mass is 203 g/mol. The van der Waals surface area contributed by atoms with E-state index in [1.807, 2.05) is 0 Å². The molecule has 1 heterocycles. The van der Waals surface area contributed by atoms with Gasteiger partial charge in [-0.1, -0.05) is 0 Å². The van der Waals surface area contributed by atoms with E-state index in [1.54, 1.807) is 0 Å². The van der Waals surface area contributed by atoms with Crippen LogP contribution in [-0.4, -0.2) is 50.7 Å². The summed E-state index contributed by atoms with van der Waals surface area (Å²) in [7, 11) is 0. The first-order chi connectivity index (χ1) is 6.93. The van der Waals surface area contributed by atoms with Gasteiger partial charge in [0.25, 0.3) is 0 Å². The Morgan fingerprint density at radius 1 is 1.36 bits per heavy atom. The normalized spacial score (nSPS) is 22.5. The second kappa shape index (κ2) is 8.17. The van der Waals surface area contributed by atoms with Gasteiger partial charge < -0.3 is 19.9 Å². The molecule has 2 N–H and O–H groups in total. The van der Waals surface area contributed by atoms with Crippen LogP contribution >= 0.6 is 0 Å². The maximum absolute atomic E-state index is 8.46. The summed E-state index contributed by atoms with van der Waals surface area (Å²) in [6.07, 6.45) is 4.05. The van der Waals surface area contributed by atoms with Crippen molar-refractivity contribution in [2.24, 2.45) is 0 Å². The lowest BCUT2D eigenvalue weighted by molar-refractivity contribution is 0.0153. The SMILES string of the molecule is OCCOCCNCC1CCCCO1. The quantitative estimate of drug-likeness (QED) is 0.578. The van der Waals surface area contributed by atoms with E-state index in [-0.39, 0.29) is 6.61 Å². The molecule has 14 heavy (non-hydrogen) atoms. The van der Waals surface area contributed by atoms with Gasteiger partial charge in [-0.15, -0.1) is 0 Å². The molecule has 0 aromatic carbocycles. The van der Waals surface area contributed by atoms with Crippen LogP contribution in [0.4, 0.5) is 0 Å². The van der Waals surface area contributed by atoms with Crippen molar-refractivity contribution in [1.29, 1.82) is 0 Å². The van der Waals surface area contributed by atoms with Gasteiger partial charge >= 0.3 is 0 Å². The van der Waals surface area contributed by atoms with E-state index in [0.29, 0.717) is 19.3 Å². The van der Waals surface area contributed by atoms with Crippen molar-refractivity contribution in [1.82, 2.24) is 5.32 Å². The van der Waals surface area contributed by atoms with Gasteiger partial charge in [0.05, 0.1) is 25.9 Å². The summed E-state index contributed by atoms with van der Waals surface area (Å²) < 4.78 is 10.7. The highest BCUT2D eigenvalue weighted by atomic mass is 16.5. The lowest BCUT2D eigenvalue weighted by atomic mass is 10.1. The number of nitrogens with one attached hydrogen (secondary N) is 1. The maximum Gasteiger partial charge on any atom is 0.0699 e. The third kappa shape index (κ3) is 5.54. The highest BCUT2D eigenvalue weighted by Gasteiger charge is 2.12. The van der Waals surface area contributed by atoms with E-state index >= 15 is 0 Å². The Morgan fingerprint density at radius 3 is 3.00 bits per heavy atom. The van der Waals surface area contributed by atoms with Gasteiger partial charge in [-0.2, -0.15) is 0 Å². The topological polar surface area (TPSA) is 50.7 Å². The third-order valence-electron chi connectivity index (χ3n) is 2.30. The van der Waals surface area contributed by atoms with Crippen LogP contribution < -0.4 is 5.32 Å². The van der Waals surface area contributed by atoms with Crippen LogP contribution in [0.5, 0.6) is 0 Å². The Hall–Kier alpha value is -0.160. The summed E-state index contributed by atoms with van der Waals surface area (Å²) in [6.45, 7) is 3.86. The molecule has 84 valence electrons. The first-order valence-corrected chi connectivity index (χ1v) is 5.44. The minimum Gasteiger partial charge on any atom is -0.394 e. The number of aliphatic hydroxyl groups is 1. The third-order valence-corrected chi connectivity index (χ3v) is 2.30. The number of hydrogen-bond donors (Lipinski definition) is 2. The van der Waals surface area contributed by atoms with Gasteiger partial charge in [0, 0.05) is 19.7 Å². The second-order valence-electron chi connectivity index (χ2n) is 3.53. The van der Waals surface area contributed by atoms with Gasteiger partial charge in [0.2, 0.25) is 0 Å². The van der Waals surface area contributed by atoms with Gasteiger partial charge in [-0.3, -0.25) is 0 Å². The molecule has 1 aliphatic rings. The summed E-state index contributed by atoms with van der Waals surface area (Å²) in [4.78, 5) is 0. The zero-order valence-corrected chi connectivity index (χ0v) is 8.71. The fourth-order valence-electron chi connectivity index (χ4n) is 1.54. The van der Waals surface area contributed by atoms with E-state index in [0.717, 1.165) is 19.7 Å². The van der Waals surface area contributed by atoms with Crippen LogP contribution in [0.2, 0.25) is 0 Å². The van der Waals surface area contributed by atoms with E-state index in [1.165, 1.54) is 19.3 Å². The molecule has 4 nitrogen and oxygen atoms in total. The second-order valence-corrected chi connectivity index (χ2v) is 3.53. The summed E-state index contributed by atoms with van der Waals surface area (Å²) in [6, 6.07) is 0. The maximum atomic E-state index is 8.46. The summed E-state index contributed by atoms with van der Waals surface area (Å²) in [5, 5.41) is 11.7. The molecule has 0 amide bonds. The average Bonchev–Trinajstić information content (AvgIpc) is 2.25. The molecule has 4 heteroatoms.